The van der Waals surface area contributed by atoms with Crippen LogP contribution in [0.5, 0.6) is 5.88 Å². The van der Waals surface area contributed by atoms with E-state index in [0.29, 0.717) is 17.7 Å². The van der Waals surface area contributed by atoms with E-state index < -0.39 is 53.6 Å². The van der Waals surface area contributed by atoms with E-state index in [2.05, 4.69) is 20.4 Å². The van der Waals surface area contributed by atoms with Gasteiger partial charge in [-0.2, -0.15) is 22.8 Å². The monoisotopic (exact) mass is 504 g/mol. The Hall–Kier alpha value is -3.52. The molecule has 0 fully saturated rings. The molecule has 2 N–H and O–H groups in total. The molecule has 0 saturated carbocycles. The number of nitrogens with one attached hydrogen (secondary N) is 1. The summed E-state index contributed by atoms with van der Waals surface area (Å²) < 4.78 is 60.6. The number of aliphatic hydroxyl groups excluding tert-OH is 1. The highest BCUT2D eigenvalue weighted by Gasteiger charge is 2.39. The molecule has 0 radical (unpaired) electrons. The van der Waals surface area contributed by atoms with Crippen LogP contribution in [0.3, 0.4) is 0 Å². The molecule has 182 valence electrons. The number of carbonyl (C=O) groups is 1. The van der Waals surface area contributed by atoms with Gasteiger partial charge in [-0.05, 0) is 26.0 Å². The van der Waals surface area contributed by atoms with Gasteiger partial charge >= 0.3 is 11.9 Å². The van der Waals surface area contributed by atoms with E-state index in [9.17, 15) is 32.3 Å². The van der Waals surface area contributed by atoms with Crippen molar-refractivity contribution in [3.8, 4) is 11.7 Å². The van der Waals surface area contributed by atoms with Gasteiger partial charge in [0.05, 0.1) is 16.9 Å². The average Bonchev–Trinajstić information content (AvgIpc) is 3.10. The number of hydrogen-bond acceptors (Lipinski definition) is 7. The summed E-state index contributed by atoms with van der Waals surface area (Å²) in [4.78, 5) is 32.7. The highest BCUT2D eigenvalue weighted by Crippen LogP contribution is 2.29. The summed E-state index contributed by atoms with van der Waals surface area (Å²) in [5.74, 6) is -4.23. The van der Waals surface area contributed by atoms with Crippen molar-refractivity contribution in [1.29, 1.82) is 0 Å². The van der Waals surface area contributed by atoms with Crippen molar-refractivity contribution >= 4 is 23.2 Å². The van der Waals surface area contributed by atoms with Crippen LogP contribution < -0.4 is 15.7 Å². The number of hydrogen-bond donors (Lipinski definition) is 2. The van der Waals surface area contributed by atoms with Gasteiger partial charge in [0.2, 0.25) is 5.88 Å². The topological polar surface area (TPSA) is 124 Å². The van der Waals surface area contributed by atoms with Crippen molar-refractivity contribution in [3.63, 3.8) is 0 Å². The van der Waals surface area contributed by atoms with Gasteiger partial charge in [0.1, 0.15) is 12.2 Å². The van der Waals surface area contributed by atoms with E-state index in [0.717, 1.165) is 4.57 Å². The minimum Gasteiger partial charge on any atom is -0.464 e. The molecule has 0 bridgehead atoms. The van der Waals surface area contributed by atoms with E-state index in [4.69, 9.17) is 16.3 Å². The first kappa shape index (κ1) is 25.1. The fraction of sp³-hybridized carbons (Fsp3) is 0.316. The normalized spacial score (nSPS) is 12.5. The summed E-state index contributed by atoms with van der Waals surface area (Å²) in [6, 6.07) is 1.90. The number of carbonyl (C=O) groups excluding carboxylic acids is 1. The maximum atomic E-state index is 15.0. The molecular weight excluding hydrogens is 488 g/mol. The van der Waals surface area contributed by atoms with Crippen LogP contribution in [0, 0.1) is 5.82 Å². The highest BCUT2D eigenvalue weighted by molar-refractivity contribution is 6.33. The molecule has 3 heterocycles. The van der Waals surface area contributed by atoms with Crippen molar-refractivity contribution in [2.24, 2.45) is 0 Å². The van der Waals surface area contributed by atoms with Gasteiger partial charge in [-0.3, -0.25) is 14.3 Å². The average molecular weight is 505 g/mol. The number of anilines is 1. The molecule has 15 heteroatoms. The number of pyridine rings is 2. The van der Waals surface area contributed by atoms with Gasteiger partial charge in [-0.25, -0.2) is 9.18 Å². The minimum absolute atomic E-state index is 0.000956. The molecule has 0 unspecified atom stereocenters. The Balaban J connectivity index is 2.14. The quantitative estimate of drug-likeness (QED) is 0.474. The summed E-state index contributed by atoms with van der Waals surface area (Å²) in [5, 5.41) is 15.5. The van der Waals surface area contributed by atoms with E-state index in [-0.39, 0.29) is 23.1 Å². The Morgan fingerprint density at radius 2 is 2.09 bits per heavy atom. The summed E-state index contributed by atoms with van der Waals surface area (Å²) >= 11 is 5.94. The van der Waals surface area contributed by atoms with Crippen LogP contribution in [-0.2, 0) is 13.2 Å². The lowest BCUT2D eigenvalue weighted by Gasteiger charge is -2.19. The first-order chi connectivity index (χ1) is 16.0. The fourth-order valence-electron chi connectivity index (χ4n) is 2.77. The largest absolute Gasteiger partial charge is 0.464 e. The summed E-state index contributed by atoms with van der Waals surface area (Å²) in [6.07, 6.45) is -4.78. The van der Waals surface area contributed by atoms with Crippen LogP contribution in [0.15, 0.2) is 29.3 Å². The Morgan fingerprint density at radius 1 is 1.38 bits per heavy atom. The molecule has 0 aliphatic carbocycles. The molecule has 0 saturated heterocycles. The molecule has 3 rings (SSSR count). The third-order valence-corrected chi connectivity index (χ3v) is 4.86. The smallest absolute Gasteiger partial charge is 0.425 e. The molecule has 0 aliphatic rings. The molecule has 1 amide bonds. The van der Waals surface area contributed by atoms with Gasteiger partial charge in [-0.15, -0.1) is 5.10 Å². The summed E-state index contributed by atoms with van der Waals surface area (Å²) in [6.45, 7) is 1.62. The van der Waals surface area contributed by atoms with E-state index in [1.54, 1.807) is 6.92 Å². The third kappa shape index (κ3) is 5.02. The number of nitrogens with zero attached hydrogens (tertiary/aromatic N) is 5. The predicted octanol–water partition coefficient (Wildman–Crippen LogP) is 2.71. The highest BCUT2D eigenvalue weighted by atomic mass is 35.5. The van der Waals surface area contributed by atoms with Crippen LogP contribution in [0.25, 0.3) is 5.82 Å². The molecule has 10 nitrogen and oxygen atoms in total. The van der Waals surface area contributed by atoms with Crippen LogP contribution in [-0.4, -0.2) is 47.6 Å². The molecule has 3 aromatic rings. The molecule has 3 aromatic heterocycles. The van der Waals surface area contributed by atoms with Gasteiger partial charge in [0.25, 0.3) is 5.91 Å². The first-order valence-electron chi connectivity index (χ1n) is 9.62. The van der Waals surface area contributed by atoms with Crippen LogP contribution in [0.2, 0.25) is 5.02 Å². The summed E-state index contributed by atoms with van der Waals surface area (Å²) in [5.41, 5.74) is -1.62. The summed E-state index contributed by atoms with van der Waals surface area (Å²) in [7, 11) is 0. The zero-order valence-electron chi connectivity index (χ0n) is 17.6. The SMILES string of the molecule is CCn1c(CO)nn(-c2nc(O[C@@H](C)C(F)(F)F)c(C(=O)Nc3cnccc3Cl)cc2F)c1=O. The number of halogens is 5. The van der Waals surface area contributed by atoms with Gasteiger partial charge in [0, 0.05) is 12.7 Å². The van der Waals surface area contributed by atoms with Gasteiger partial charge in [-0.1, -0.05) is 11.6 Å². The van der Waals surface area contributed by atoms with Crippen LogP contribution in [0.4, 0.5) is 23.2 Å². The molecule has 34 heavy (non-hydrogen) atoms. The standard InChI is InChI=1S/C19H17ClF4N6O4/c1-3-29-14(8-31)28-30(18(29)33)15-12(21)6-10(17(27-15)34-9(2)19(22,23)24)16(32)26-13-7-25-5-4-11(13)20/h4-7,9,31H,3,8H2,1-2H3,(H,26,32)/t9-/m0/s1. The molecule has 1 atom stereocenters. The van der Waals surface area contributed by atoms with Crippen molar-refractivity contribution in [2.75, 3.05) is 5.32 Å². The Morgan fingerprint density at radius 3 is 2.65 bits per heavy atom. The fourth-order valence-corrected chi connectivity index (χ4v) is 2.92. The zero-order valence-corrected chi connectivity index (χ0v) is 18.4. The molecule has 0 aliphatic heterocycles. The van der Waals surface area contributed by atoms with Crippen LogP contribution in [0.1, 0.15) is 30.0 Å². The van der Waals surface area contributed by atoms with Crippen LogP contribution >= 0.6 is 11.6 Å². The molecule has 0 aromatic carbocycles. The second-order valence-corrected chi connectivity index (χ2v) is 7.18. The number of rotatable bonds is 7. The number of amides is 1. The number of alkyl halides is 3. The predicted molar refractivity (Wildman–Crippen MR) is 111 cm³/mol. The van der Waals surface area contributed by atoms with Crippen molar-refractivity contribution in [1.82, 2.24) is 24.3 Å². The van der Waals surface area contributed by atoms with E-state index in [1.807, 2.05) is 0 Å². The lowest BCUT2D eigenvalue weighted by molar-refractivity contribution is -0.190. The second-order valence-electron chi connectivity index (χ2n) is 6.77. The minimum atomic E-state index is -4.85. The van der Waals surface area contributed by atoms with Crippen molar-refractivity contribution < 1.29 is 32.2 Å². The molecule has 0 spiro atoms. The van der Waals surface area contributed by atoms with Gasteiger partial charge < -0.3 is 15.2 Å². The van der Waals surface area contributed by atoms with Crippen molar-refractivity contribution in [2.45, 2.75) is 39.3 Å². The lowest BCUT2D eigenvalue weighted by Crippen LogP contribution is -2.33. The lowest BCUT2D eigenvalue weighted by atomic mass is 10.2. The Kier molecular flexibility index (Phi) is 7.21. The third-order valence-electron chi connectivity index (χ3n) is 4.53. The Labute approximate surface area is 193 Å². The zero-order chi connectivity index (χ0) is 25.2. The maximum Gasteiger partial charge on any atom is 0.425 e. The van der Waals surface area contributed by atoms with Crippen molar-refractivity contribution in [3.05, 3.63) is 57.2 Å². The van der Waals surface area contributed by atoms with E-state index >= 15 is 0 Å². The molecular formula is C19H17ClF4N6O4. The number of aromatic nitrogens is 5. The number of aliphatic hydroxyl groups is 1. The van der Waals surface area contributed by atoms with E-state index in [1.165, 1.54) is 18.5 Å². The number of ether oxygens (including phenoxy) is 1. The first-order valence-corrected chi connectivity index (χ1v) is 10.00. The Bertz CT molecular complexity index is 1280. The maximum absolute atomic E-state index is 15.0. The second kappa shape index (κ2) is 9.77. The van der Waals surface area contributed by atoms with Gasteiger partial charge in [0.15, 0.2) is 23.6 Å².